The van der Waals surface area contributed by atoms with Crippen LogP contribution in [0.4, 0.5) is 23.2 Å². The van der Waals surface area contributed by atoms with Crippen LogP contribution in [-0.2, 0) is 13.2 Å². The Balaban J connectivity index is 1.63. The topological polar surface area (TPSA) is 90.5 Å². The van der Waals surface area contributed by atoms with Gasteiger partial charge < -0.3 is 5.32 Å². The normalized spacial score (nSPS) is 11.6. The summed E-state index contributed by atoms with van der Waals surface area (Å²) < 4.78 is 55.6. The molecule has 3 aromatic heterocycles. The van der Waals surface area contributed by atoms with Crippen molar-refractivity contribution in [3.05, 3.63) is 71.2 Å². The summed E-state index contributed by atoms with van der Waals surface area (Å²) in [4.78, 5) is 16.8. The number of rotatable bonds is 4. The van der Waals surface area contributed by atoms with E-state index in [1.54, 1.807) is 31.0 Å². The smallest absolute Gasteiger partial charge is 0.322 e. The van der Waals surface area contributed by atoms with E-state index in [2.05, 4.69) is 25.7 Å². The lowest BCUT2D eigenvalue weighted by Gasteiger charge is -2.11. The Bertz CT molecular complexity index is 1360. The first-order valence-electron chi connectivity index (χ1n) is 9.60. The van der Waals surface area contributed by atoms with E-state index < -0.39 is 23.5 Å². The van der Waals surface area contributed by atoms with Crippen molar-refractivity contribution in [3.8, 4) is 16.9 Å². The molecule has 0 fully saturated rings. The lowest BCUT2D eigenvalue weighted by molar-refractivity contribution is -0.137. The van der Waals surface area contributed by atoms with Crippen molar-refractivity contribution in [2.45, 2.75) is 20.0 Å². The molecule has 1 aromatic carbocycles. The number of hydrogen-bond acceptors (Lipinski definition) is 5. The van der Waals surface area contributed by atoms with Gasteiger partial charge in [-0.3, -0.25) is 14.5 Å². The molecule has 0 bridgehead atoms. The van der Waals surface area contributed by atoms with Crippen molar-refractivity contribution in [3.63, 3.8) is 0 Å². The van der Waals surface area contributed by atoms with E-state index in [-0.39, 0.29) is 11.3 Å². The van der Waals surface area contributed by atoms with Crippen molar-refractivity contribution >= 4 is 11.6 Å². The van der Waals surface area contributed by atoms with Gasteiger partial charge in [0.15, 0.2) is 0 Å². The molecular weight excluding hydrogens is 442 g/mol. The summed E-state index contributed by atoms with van der Waals surface area (Å²) in [6.07, 6.45) is -0.177. The number of benzene rings is 1. The molecule has 0 spiro atoms. The highest BCUT2D eigenvalue weighted by atomic mass is 19.4. The Kier molecular flexibility index (Phi) is 5.44. The number of amides is 1. The average molecular weight is 459 g/mol. The molecule has 1 amide bonds. The van der Waals surface area contributed by atoms with Gasteiger partial charge in [0.2, 0.25) is 0 Å². The van der Waals surface area contributed by atoms with Gasteiger partial charge >= 0.3 is 6.18 Å². The van der Waals surface area contributed by atoms with Gasteiger partial charge in [-0.25, -0.2) is 9.07 Å². The van der Waals surface area contributed by atoms with Gasteiger partial charge in [0.1, 0.15) is 11.5 Å². The second-order valence-electron chi connectivity index (χ2n) is 7.32. The van der Waals surface area contributed by atoms with Crippen LogP contribution in [0, 0.1) is 19.7 Å². The lowest BCUT2D eigenvalue weighted by Crippen LogP contribution is -2.15. The predicted molar refractivity (Wildman–Crippen MR) is 110 cm³/mol. The van der Waals surface area contributed by atoms with Crippen molar-refractivity contribution in [1.82, 2.24) is 29.8 Å². The van der Waals surface area contributed by atoms with Crippen molar-refractivity contribution < 1.29 is 22.4 Å². The fourth-order valence-electron chi connectivity index (χ4n) is 3.16. The van der Waals surface area contributed by atoms with Gasteiger partial charge in [-0.15, -0.1) is 5.10 Å². The van der Waals surface area contributed by atoms with E-state index >= 15 is 0 Å². The van der Waals surface area contributed by atoms with E-state index in [1.807, 2.05) is 6.92 Å². The maximum atomic E-state index is 13.6. The monoisotopic (exact) mass is 459 g/mol. The third-order valence-electron chi connectivity index (χ3n) is 5.06. The van der Waals surface area contributed by atoms with Crippen LogP contribution in [0.3, 0.4) is 0 Å². The summed E-state index contributed by atoms with van der Waals surface area (Å²) in [5, 5.41) is 14.7. The fourth-order valence-corrected chi connectivity index (χ4v) is 3.16. The minimum atomic E-state index is -4.75. The van der Waals surface area contributed by atoms with Crippen LogP contribution >= 0.6 is 0 Å². The van der Waals surface area contributed by atoms with Gasteiger partial charge in [0.25, 0.3) is 5.91 Å². The number of carbonyl (C=O) groups excluding carboxylic acids is 1. The number of hydrogen-bond donors (Lipinski definition) is 1. The molecule has 0 saturated heterocycles. The molecule has 0 atom stereocenters. The van der Waals surface area contributed by atoms with Crippen LogP contribution in [0.5, 0.6) is 0 Å². The van der Waals surface area contributed by atoms with E-state index in [0.29, 0.717) is 29.2 Å². The molecule has 0 aliphatic rings. The van der Waals surface area contributed by atoms with E-state index in [0.717, 1.165) is 17.3 Å². The van der Waals surface area contributed by atoms with Crippen LogP contribution < -0.4 is 5.32 Å². The average Bonchev–Trinajstić information content (AvgIpc) is 3.34. The molecule has 33 heavy (non-hydrogen) atoms. The maximum Gasteiger partial charge on any atom is 0.416 e. The number of halogens is 4. The SMILES string of the molecule is Cc1ncc(C(=O)Nc2cc(F)cc(C(F)(F)F)c2)cc1-n1cc(-c2cnn(C)c2C)nn1. The lowest BCUT2D eigenvalue weighted by atomic mass is 10.1. The Labute approximate surface area is 184 Å². The minimum absolute atomic E-state index is 0.0445. The Hall–Kier alpha value is -4.09. The van der Waals surface area contributed by atoms with E-state index in [9.17, 15) is 22.4 Å². The summed E-state index contributed by atoms with van der Waals surface area (Å²) in [5.74, 6) is -1.88. The summed E-state index contributed by atoms with van der Waals surface area (Å²) >= 11 is 0. The number of nitrogens with one attached hydrogen (secondary N) is 1. The molecular formula is C21H17F4N7O. The van der Waals surface area contributed by atoms with Gasteiger partial charge in [-0.2, -0.15) is 18.3 Å². The van der Waals surface area contributed by atoms with Crippen LogP contribution in [0.25, 0.3) is 16.9 Å². The zero-order valence-corrected chi connectivity index (χ0v) is 17.6. The molecule has 3 heterocycles. The fraction of sp³-hybridized carbons (Fsp3) is 0.190. The maximum absolute atomic E-state index is 13.6. The summed E-state index contributed by atoms with van der Waals surface area (Å²) in [7, 11) is 1.80. The Morgan fingerprint density at radius 2 is 1.85 bits per heavy atom. The molecule has 1 N–H and O–H groups in total. The van der Waals surface area contributed by atoms with Gasteiger partial charge in [-0.05, 0) is 38.1 Å². The third kappa shape index (κ3) is 4.45. The van der Waals surface area contributed by atoms with Crippen LogP contribution in [0.1, 0.15) is 27.3 Å². The molecule has 4 rings (SSSR count). The number of aryl methyl sites for hydroxylation is 2. The first kappa shape index (κ1) is 22.1. The van der Waals surface area contributed by atoms with Crippen molar-refractivity contribution in [2.75, 3.05) is 5.32 Å². The van der Waals surface area contributed by atoms with Crippen LogP contribution in [0.2, 0.25) is 0 Å². The Morgan fingerprint density at radius 3 is 2.52 bits per heavy atom. The molecule has 170 valence electrons. The molecule has 0 saturated carbocycles. The highest BCUT2D eigenvalue weighted by molar-refractivity contribution is 6.04. The van der Waals surface area contributed by atoms with E-state index in [4.69, 9.17) is 0 Å². The largest absolute Gasteiger partial charge is 0.416 e. The quantitative estimate of drug-likeness (QED) is 0.465. The van der Waals surface area contributed by atoms with Crippen molar-refractivity contribution in [2.24, 2.45) is 7.05 Å². The number of anilines is 1. The van der Waals surface area contributed by atoms with E-state index in [1.165, 1.54) is 16.9 Å². The molecule has 0 radical (unpaired) electrons. The van der Waals surface area contributed by atoms with Crippen LogP contribution in [0.15, 0.2) is 42.9 Å². The molecule has 12 heteroatoms. The molecule has 0 unspecified atom stereocenters. The van der Waals surface area contributed by atoms with Gasteiger partial charge in [0.05, 0.1) is 34.9 Å². The standard InChI is InChI=1S/C21H17F4N7O/c1-11-19(32-10-18(29-30-32)17-9-27-31(3)12(17)2)4-13(8-26-11)20(33)28-16-6-14(21(23,24)25)5-15(22)7-16/h4-10H,1-3H3,(H,28,33). The molecule has 0 aliphatic carbocycles. The number of pyridine rings is 1. The minimum Gasteiger partial charge on any atom is -0.322 e. The third-order valence-corrected chi connectivity index (χ3v) is 5.06. The number of carbonyl (C=O) groups is 1. The highest BCUT2D eigenvalue weighted by Gasteiger charge is 2.31. The second kappa shape index (κ2) is 8.11. The first-order valence-corrected chi connectivity index (χ1v) is 9.60. The summed E-state index contributed by atoms with van der Waals surface area (Å²) in [6.45, 7) is 3.59. The zero-order chi connectivity index (χ0) is 23.9. The highest BCUT2D eigenvalue weighted by Crippen LogP contribution is 2.32. The summed E-state index contributed by atoms with van der Waals surface area (Å²) in [5.41, 5.74) is 1.73. The summed E-state index contributed by atoms with van der Waals surface area (Å²) in [6, 6.07) is 3.28. The molecule has 4 aromatic rings. The molecule has 8 nitrogen and oxygen atoms in total. The number of alkyl halides is 3. The Morgan fingerprint density at radius 1 is 1.09 bits per heavy atom. The van der Waals surface area contributed by atoms with Gasteiger partial charge in [0, 0.05) is 30.2 Å². The predicted octanol–water partition coefficient (Wildman–Crippen LogP) is 4.09. The first-order chi connectivity index (χ1) is 15.5. The number of nitrogens with zero attached hydrogens (tertiary/aromatic N) is 6. The molecule has 0 aliphatic heterocycles. The van der Waals surface area contributed by atoms with Crippen LogP contribution in [-0.4, -0.2) is 35.7 Å². The zero-order valence-electron chi connectivity index (χ0n) is 17.6. The second-order valence-corrected chi connectivity index (χ2v) is 7.32. The number of aromatic nitrogens is 6. The van der Waals surface area contributed by atoms with Crippen molar-refractivity contribution in [1.29, 1.82) is 0 Å². The van der Waals surface area contributed by atoms with Gasteiger partial charge in [-0.1, -0.05) is 5.21 Å².